The Bertz CT molecular complexity index is 167. The first-order chi connectivity index (χ1) is 7.72. The molecule has 2 unspecified atom stereocenters. The van der Waals surface area contributed by atoms with Crippen LogP contribution in [-0.2, 0) is 4.74 Å². The van der Waals surface area contributed by atoms with Crippen LogP contribution in [0.4, 0.5) is 0 Å². The monoisotopic (exact) mass is 229 g/mol. The van der Waals surface area contributed by atoms with Gasteiger partial charge in [-0.15, -0.1) is 0 Å². The Morgan fingerprint density at radius 1 is 1.44 bits per heavy atom. The summed E-state index contributed by atoms with van der Waals surface area (Å²) in [5.74, 6) is 1.31. The molecule has 1 aliphatic rings. The summed E-state index contributed by atoms with van der Waals surface area (Å²) in [6, 6.07) is 0.530. The molecule has 1 saturated heterocycles. The summed E-state index contributed by atoms with van der Waals surface area (Å²) >= 11 is 0. The molecule has 0 radical (unpaired) electrons. The highest BCUT2D eigenvalue weighted by Crippen LogP contribution is 2.15. The fourth-order valence-corrected chi connectivity index (χ4v) is 2.39. The number of hydrogen-bond acceptors (Lipinski definition) is 3. The Balaban J connectivity index is 2.19. The van der Waals surface area contributed by atoms with Crippen LogP contribution in [0.3, 0.4) is 0 Å². The van der Waals surface area contributed by atoms with Crippen LogP contribution in [0.1, 0.15) is 39.5 Å². The average Bonchev–Trinajstić information content (AvgIpc) is 2.27. The Kier molecular flexibility index (Phi) is 7.01. The molecule has 0 aliphatic carbocycles. The highest BCUT2D eigenvalue weighted by atomic mass is 16.5. The van der Waals surface area contributed by atoms with E-state index in [1.807, 2.05) is 0 Å². The molecule has 16 heavy (non-hydrogen) atoms. The van der Waals surface area contributed by atoms with Crippen molar-refractivity contribution in [2.24, 2.45) is 11.8 Å². The number of aliphatic hydroxyl groups is 1. The third kappa shape index (κ3) is 5.83. The zero-order valence-electron chi connectivity index (χ0n) is 10.7. The van der Waals surface area contributed by atoms with Crippen molar-refractivity contribution in [3.63, 3.8) is 0 Å². The van der Waals surface area contributed by atoms with Gasteiger partial charge in [0.05, 0.1) is 6.61 Å². The predicted molar refractivity (Wildman–Crippen MR) is 66.5 cm³/mol. The van der Waals surface area contributed by atoms with Gasteiger partial charge in [0, 0.05) is 19.3 Å². The molecule has 0 saturated carbocycles. The van der Waals surface area contributed by atoms with Gasteiger partial charge in [0.2, 0.25) is 0 Å². The molecular weight excluding hydrogens is 202 g/mol. The maximum absolute atomic E-state index is 9.03. The molecule has 1 heterocycles. The van der Waals surface area contributed by atoms with Crippen molar-refractivity contribution in [3.8, 4) is 0 Å². The van der Waals surface area contributed by atoms with Crippen LogP contribution in [-0.4, -0.2) is 37.5 Å². The molecule has 0 aromatic heterocycles. The fraction of sp³-hybridized carbons (Fsp3) is 1.00. The molecule has 2 atom stereocenters. The van der Waals surface area contributed by atoms with Crippen LogP contribution >= 0.6 is 0 Å². The van der Waals surface area contributed by atoms with Crippen molar-refractivity contribution >= 4 is 0 Å². The number of hydrogen-bond donors (Lipinski definition) is 2. The Morgan fingerprint density at radius 2 is 2.25 bits per heavy atom. The van der Waals surface area contributed by atoms with E-state index in [9.17, 15) is 0 Å². The van der Waals surface area contributed by atoms with Crippen molar-refractivity contribution in [1.29, 1.82) is 0 Å². The summed E-state index contributed by atoms with van der Waals surface area (Å²) in [5, 5.41) is 12.6. The minimum atomic E-state index is 0.306. The second-order valence-electron chi connectivity index (χ2n) is 5.33. The van der Waals surface area contributed by atoms with Gasteiger partial charge in [-0.05, 0) is 44.1 Å². The first kappa shape index (κ1) is 13.9. The summed E-state index contributed by atoms with van der Waals surface area (Å²) in [6.45, 7) is 7.59. The summed E-state index contributed by atoms with van der Waals surface area (Å²) in [7, 11) is 0. The number of ether oxygens (including phenoxy) is 1. The van der Waals surface area contributed by atoms with Crippen LogP contribution in [0, 0.1) is 11.8 Å². The second-order valence-corrected chi connectivity index (χ2v) is 5.33. The van der Waals surface area contributed by atoms with E-state index >= 15 is 0 Å². The van der Waals surface area contributed by atoms with Crippen LogP contribution in [0.2, 0.25) is 0 Å². The van der Waals surface area contributed by atoms with E-state index in [-0.39, 0.29) is 0 Å². The molecule has 96 valence electrons. The summed E-state index contributed by atoms with van der Waals surface area (Å²) in [5.41, 5.74) is 0. The highest BCUT2D eigenvalue weighted by Gasteiger charge is 2.16. The lowest BCUT2D eigenvalue weighted by Crippen LogP contribution is -2.39. The molecule has 0 aromatic carbocycles. The second kappa shape index (κ2) is 8.04. The van der Waals surface area contributed by atoms with Gasteiger partial charge in [-0.2, -0.15) is 0 Å². The van der Waals surface area contributed by atoms with Gasteiger partial charge < -0.3 is 15.2 Å². The van der Waals surface area contributed by atoms with E-state index in [0.717, 1.165) is 26.2 Å². The zero-order valence-corrected chi connectivity index (χ0v) is 10.7. The lowest BCUT2D eigenvalue weighted by molar-refractivity contribution is 0.0681. The van der Waals surface area contributed by atoms with Gasteiger partial charge in [0.25, 0.3) is 0 Å². The molecule has 3 heteroatoms. The highest BCUT2D eigenvalue weighted by molar-refractivity contribution is 4.73. The molecule has 0 bridgehead atoms. The van der Waals surface area contributed by atoms with E-state index in [0.29, 0.717) is 24.5 Å². The summed E-state index contributed by atoms with van der Waals surface area (Å²) in [6.07, 6.45) is 4.51. The lowest BCUT2D eigenvalue weighted by atomic mass is 9.94. The molecule has 1 aliphatic heterocycles. The summed E-state index contributed by atoms with van der Waals surface area (Å²) < 4.78 is 5.44. The molecule has 2 N–H and O–H groups in total. The first-order valence-electron chi connectivity index (χ1n) is 6.64. The molecular formula is C13H27NO2. The van der Waals surface area contributed by atoms with Crippen LogP contribution < -0.4 is 5.32 Å². The fourth-order valence-electron chi connectivity index (χ4n) is 2.39. The topological polar surface area (TPSA) is 41.5 Å². The largest absolute Gasteiger partial charge is 0.396 e. The van der Waals surface area contributed by atoms with Crippen molar-refractivity contribution in [3.05, 3.63) is 0 Å². The van der Waals surface area contributed by atoms with Gasteiger partial charge in [-0.25, -0.2) is 0 Å². The van der Waals surface area contributed by atoms with E-state index in [4.69, 9.17) is 9.84 Å². The van der Waals surface area contributed by atoms with E-state index < -0.39 is 0 Å². The van der Waals surface area contributed by atoms with Crippen molar-refractivity contribution < 1.29 is 9.84 Å². The smallest absolute Gasteiger partial charge is 0.0619 e. The zero-order chi connectivity index (χ0) is 11.8. The molecule has 1 rings (SSSR count). The summed E-state index contributed by atoms with van der Waals surface area (Å²) in [4.78, 5) is 0. The number of rotatable bonds is 7. The average molecular weight is 229 g/mol. The van der Waals surface area contributed by atoms with E-state index in [2.05, 4.69) is 19.2 Å². The van der Waals surface area contributed by atoms with Crippen LogP contribution in [0.5, 0.6) is 0 Å². The Labute approximate surface area is 99.6 Å². The van der Waals surface area contributed by atoms with Gasteiger partial charge in [0.15, 0.2) is 0 Å². The van der Waals surface area contributed by atoms with Crippen LogP contribution in [0.15, 0.2) is 0 Å². The van der Waals surface area contributed by atoms with Gasteiger partial charge in [0.1, 0.15) is 0 Å². The van der Waals surface area contributed by atoms with E-state index in [1.165, 1.54) is 19.3 Å². The number of aliphatic hydroxyl groups excluding tert-OH is 1. The SMILES string of the molecule is CC(C)CC(CCO)CNC1CCCOC1. The lowest BCUT2D eigenvalue weighted by Gasteiger charge is -2.26. The van der Waals surface area contributed by atoms with Crippen molar-refractivity contribution in [1.82, 2.24) is 5.32 Å². The maximum atomic E-state index is 9.03. The predicted octanol–water partition coefficient (Wildman–Crippen LogP) is 1.80. The Morgan fingerprint density at radius 3 is 2.81 bits per heavy atom. The van der Waals surface area contributed by atoms with E-state index in [1.54, 1.807) is 0 Å². The Hall–Kier alpha value is -0.120. The molecule has 0 aromatic rings. The quantitative estimate of drug-likeness (QED) is 0.699. The standard InChI is InChI=1S/C13H27NO2/c1-11(2)8-12(5-6-15)9-14-13-4-3-7-16-10-13/h11-15H,3-10H2,1-2H3. The maximum Gasteiger partial charge on any atom is 0.0619 e. The van der Waals surface area contributed by atoms with Crippen LogP contribution in [0.25, 0.3) is 0 Å². The van der Waals surface area contributed by atoms with Gasteiger partial charge in [-0.1, -0.05) is 13.8 Å². The van der Waals surface area contributed by atoms with Crippen molar-refractivity contribution in [2.45, 2.75) is 45.6 Å². The third-order valence-electron chi connectivity index (χ3n) is 3.20. The minimum Gasteiger partial charge on any atom is -0.396 e. The number of nitrogens with one attached hydrogen (secondary N) is 1. The molecule has 0 spiro atoms. The molecule has 0 amide bonds. The third-order valence-corrected chi connectivity index (χ3v) is 3.20. The molecule has 3 nitrogen and oxygen atoms in total. The molecule has 1 fully saturated rings. The normalized spacial score (nSPS) is 23.6. The first-order valence-corrected chi connectivity index (χ1v) is 6.64. The van der Waals surface area contributed by atoms with Crippen molar-refractivity contribution in [2.75, 3.05) is 26.4 Å². The van der Waals surface area contributed by atoms with Gasteiger partial charge in [-0.3, -0.25) is 0 Å². The minimum absolute atomic E-state index is 0.306. The van der Waals surface area contributed by atoms with Gasteiger partial charge >= 0.3 is 0 Å².